The van der Waals surface area contributed by atoms with Gasteiger partial charge in [0.1, 0.15) is 0 Å². The molecule has 0 radical (unpaired) electrons. The highest BCUT2D eigenvalue weighted by Gasteiger charge is 2.32. The molecule has 1 aromatic carbocycles. The normalized spacial score (nSPS) is 10.6. The van der Waals surface area contributed by atoms with Gasteiger partial charge in [0.25, 0.3) is 6.10 Å². The molecule has 1 aromatic heterocycles. The number of benzene rings is 1. The van der Waals surface area contributed by atoms with Crippen molar-refractivity contribution in [1.29, 1.82) is 0 Å². The van der Waals surface area contributed by atoms with E-state index in [9.17, 15) is 9.59 Å². The van der Waals surface area contributed by atoms with Crippen molar-refractivity contribution in [2.45, 2.75) is 20.0 Å². The van der Waals surface area contributed by atoms with Crippen LogP contribution in [-0.2, 0) is 19.1 Å². The third-order valence-electron chi connectivity index (χ3n) is 2.89. The quantitative estimate of drug-likeness (QED) is 0.596. The molecule has 0 unspecified atom stereocenters. The Morgan fingerprint density at radius 1 is 1.09 bits per heavy atom. The zero-order valence-electron chi connectivity index (χ0n) is 12.7. The van der Waals surface area contributed by atoms with Crippen LogP contribution in [0.4, 0.5) is 0 Å². The third kappa shape index (κ3) is 4.10. The highest BCUT2D eigenvalue weighted by molar-refractivity contribution is 6.35. The summed E-state index contributed by atoms with van der Waals surface area (Å²) >= 11 is 6.07. The second kappa shape index (κ2) is 7.78. The molecule has 0 aliphatic carbocycles. The van der Waals surface area contributed by atoms with Gasteiger partial charge in [-0.3, -0.25) is 0 Å². The number of carbonyl (C=O) groups is 2. The largest absolute Gasteiger partial charge is 0.463 e. The van der Waals surface area contributed by atoms with Crippen LogP contribution in [0.3, 0.4) is 0 Å². The van der Waals surface area contributed by atoms with Crippen LogP contribution >= 0.6 is 11.6 Å². The molecule has 7 heteroatoms. The number of hydrogen-bond acceptors (Lipinski definition) is 6. The average Bonchev–Trinajstić information content (AvgIpc) is 2.53. The summed E-state index contributed by atoms with van der Waals surface area (Å²) in [6.45, 7) is 3.52. The zero-order valence-corrected chi connectivity index (χ0v) is 13.5. The Morgan fingerprint density at radius 3 is 2.35 bits per heavy atom. The molecule has 0 amide bonds. The lowest BCUT2D eigenvalue weighted by Crippen LogP contribution is -2.38. The van der Waals surface area contributed by atoms with Gasteiger partial charge in [-0.2, -0.15) is 0 Å². The van der Waals surface area contributed by atoms with Crippen LogP contribution in [0.25, 0.3) is 10.9 Å². The lowest BCUT2D eigenvalue weighted by Gasteiger charge is -2.15. The van der Waals surface area contributed by atoms with E-state index in [1.807, 2.05) is 0 Å². The number of pyridine rings is 1. The molecular weight excluding hydrogens is 322 g/mol. The molecule has 6 nitrogen and oxygen atoms in total. The molecule has 0 atom stereocenters. The fourth-order valence-corrected chi connectivity index (χ4v) is 2.15. The minimum atomic E-state index is -1.51. The number of fused-ring (bicyclic) bond motifs is 1. The highest BCUT2D eigenvalue weighted by atomic mass is 35.5. The number of nitrogens with zero attached hydrogens (tertiary/aromatic N) is 1. The van der Waals surface area contributed by atoms with E-state index in [0.29, 0.717) is 10.5 Å². The summed E-state index contributed by atoms with van der Waals surface area (Å²) < 4.78 is 15.1. The molecular formula is C16H16ClNO5. The van der Waals surface area contributed by atoms with E-state index < -0.39 is 18.0 Å². The molecule has 23 heavy (non-hydrogen) atoms. The van der Waals surface area contributed by atoms with Crippen molar-refractivity contribution in [3.63, 3.8) is 0 Å². The smallest absolute Gasteiger partial charge is 0.359 e. The first-order chi connectivity index (χ1) is 11.1. The Balaban J connectivity index is 2.28. The first kappa shape index (κ1) is 17.0. The summed E-state index contributed by atoms with van der Waals surface area (Å²) in [4.78, 5) is 28.0. The van der Waals surface area contributed by atoms with E-state index in [0.717, 1.165) is 5.39 Å². The van der Waals surface area contributed by atoms with E-state index in [2.05, 4.69) is 4.98 Å². The van der Waals surface area contributed by atoms with Gasteiger partial charge in [0.2, 0.25) is 5.88 Å². The molecule has 0 fully saturated rings. The summed E-state index contributed by atoms with van der Waals surface area (Å²) in [5.74, 6) is -1.54. The highest BCUT2D eigenvalue weighted by Crippen LogP contribution is 2.24. The Bertz CT molecular complexity index is 701. The number of rotatable bonds is 6. The lowest BCUT2D eigenvalue weighted by atomic mass is 10.2. The van der Waals surface area contributed by atoms with Crippen molar-refractivity contribution in [3.8, 4) is 5.88 Å². The van der Waals surface area contributed by atoms with Gasteiger partial charge in [0.15, 0.2) is 0 Å². The van der Waals surface area contributed by atoms with Crippen molar-refractivity contribution >= 4 is 34.4 Å². The third-order valence-corrected chi connectivity index (χ3v) is 3.22. The Morgan fingerprint density at radius 2 is 1.74 bits per heavy atom. The van der Waals surface area contributed by atoms with Crippen molar-refractivity contribution in [2.75, 3.05) is 13.2 Å². The van der Waals surface area contributed by atoms with E-state index in [4.69, 9.17) is 25.8 Å². The van der Waals surface area contributed by atoms with Crippen molar-refractivity contribution in [3.05, 3.63) is 35.4 Å². The Hall–Kier alpha value is -2.34. The molecule has 2 aromatic rings. The average molecular weight is 338 g/mol. The van der Waals surface area contributed by atoms with E-state index in [-0.39, 0.29) is 19.1 Å². The lowest BCUT2D eigenvalue weighted by molar-refractivity contribution is -0.166. The number of carbonyl (C=O) groups excluding carboxylic acids is 2. The predicted octanol–water partition coefficient (Wildman–Crippen LogP) is 2.76. The first-order valence-electron chi connectivity index (χ1n) is 7.12. The maximum absolute atomic E-state index is 11.9. The van der Waals surface area contributed by atoms with E-state index in [1.165, 1.54) is 6.07 Å². The van der Waals surface area contributed by atoms with Gasteiger partial charge in [-0.05, 0) is 32.0 Å². The topological polar surface area (TPSA) is 74.7 Å². The van der Waals surface area contributed by atoms with Gasteiger partial charge in [-0.25, -0.2) is 14.6 Å². The molecule has 0 bridgehead atoms. The van der Waals surface area contributed by atoms with Crippen LogP contribution in [0, 0.1) is 0 Å². The van der Waals surface area contributed by atoms with Crippen LogP contribution in [0.1, 0.15) is 13.8 Å². The maximum atomic E-state index is 11.9. The number of esters is 2. The SMILES string of the molecule is CCOC(=O)C(Oc1ccc2c(Cl)cccc2n1)C(=O)OCC. The monoisotopic (exact) mass is 337 g/mol. The Labute approximate surface area is 138 Å². The molecule has 0 spiro atoms. The summed E-state index contributed by atoms with van der Waals surface area (Å²) in [5.41, 5.74) is 0.585. The number of halogens is 1. The van der Waals surface area contributed by atoms with Gasteiger partial charge in [0, 0.05) is 16.5 Å². The molecule has 1 heterocycles. The maximum Gasteiger partial charge on any atom is 0.359 e. The van der Waals surface area contributed by atoms with Crippen LogP contribution in [0.15, 0.2) is 30.3 Å². The van der Waals surface area contributed by atoms with Gasteiger partial charge >= 0.3 is 11.9 Å². The summed E-state index contributed by atoms with van der Waals surface area (Å²) in [5, 5.41) is 1.29. The minimum Gasteiger partial charge on any atom is -0.463 e. The van der Waals surface area contributed by atoms with Crippen molar-refractivity contribution < 1.29 is 23.8 Å². The minimum absolute atomic E-state index is 0.103. The van der Waals surface area contributed by atoms with Gasteiger partial charge < -0.3 is 14.2 Å². The number of hydrogen-bond donors (Lipinski definition) is 0. The van der Waals surface area contributed by atoms with Crippen LogP contribution in [0.5, 0.6) is 5.88 Å². The van der Waals surface area contributed by atoms with Crippen molar-refractivity contribution in [2.24, 2.45) is 0 Å². The molecule has 0 N–H and O–H groups in total. The van der Waals surface area contributed by atoms with Crippen LogP contribution in [-0.4, -0.2) is 36.2 Å². The van der Waals surface area contributed by atoms with Crippen LogP contribution in [0.2, 0.25) is 5.02 Å². The van der Waals surface area contributed by atoms with E-state index >= 15 is 0 Å². The second-order valence-electron chi connectivity index (χ2n) is 4.46. The van der Waals surface area contributed by atoms with Crippen LogP contribution < -0.4 is 4.74 Å². The summed E-state index contributed by atoms with van der Waals surface area (Å²) in [7, 11) is 0. The van der Waals surface area contributed by atoms with Gasteiger partial charge in [-0.1, -0.05) is 17.7 Å². The molecule has 122 valence electrons. The molecule has 0 saturated heterocycles. The molecule has 2 rings (SSSR count). The fourth-order valence-electron chi connectivity index (χ4n) is 1.91. The molecule has 0 aliphatic heterocycles. The molecule has 0 saturated carbocycles. The zero-order chi connectivity index (χ0) is 16.8. The van der Waals surface area contributed by atoms with Gasteiger partial charge in [0.05, 0.1) is 18.7 Å². The van der Waals surface area contributed by atoms with Gasteiger partial charge in [-0.15, -0.1) is 0 Å². The summed E-state index contributed by atoms with van der Waals surface area (Å²) in [6, 6.07) is 8.46. The number of ether oxygens (including phenoxy) is 3. The fraction of sp³-hybridized carbons (Fsp3) is 0.312. The van der Waals surface area contributed by atoms with E-state index in [1.54, 1.807) is 38.1 Å². The summed E-state index contributed by atoms with van der Waals surface area (Å²) in [6.07, 6.45) is -1.51. The Kier molecular flexibility index (Phi) is 5.76. The number of aromatic nitrogens is 1. The first-order valence-corrected chi connectivity index (χ1v) is 7.49. The molecule has 0 aliphatic rings. The second-order valence-corrected chi connectivity index (χ2v) is 4.87. The standard InChI is InChI=1S/C16H16ClNO5/c1-3-21-15(19)14(16(20)22-4-2)23-13-9-8-10-11(17)6-5-7-12(10)18-13/h5-9,14H,3-4H2,1-2H3. The van der Waals surface area contributed by atoms with Crippen molar-refractivity contribution in [1.82, 2.24) is 4.98 Å². The predicted molar refractivity (Wildman–Crippen MR) is 84.4 cm³/mol.